The maximum Gasteiger partial charge on any atom is 0.338 e. The smallest absolute Gasteiger partial charge is 0.338 e. The van der Waals surface area contributed by atoms with Crippen LogP contribution in [0.2, 0.25) is 0 Å². The zero-order valence-electron chi connectivity index (χ0n) is 21.8. The van der Waals surface area contributed by atoms with Gasteiger partial charge >= 0.3 is 11.9 Å². The first-order valence-electron chi connectivity index (χ1n) is 12.0. The van der Waals surface area contributed by atoms with Crippen molar-refractivity contribution in [3.63, 3.8) is 0 Å². The monoisotopic (exact) mass is 536 g/mol. The van der Waals surface area contributed by atoms with Gasteiger partial charge in [-0.05, 0) is 54.8 Å². The van der Waals surface area contributed by atoms with E-state index < -0.39 is 18.0 Å². The molecule has 2 heterocycles. The molecule has 0 saturated heterocycles. The van der Waals surface area contributed by atoms with Crippen LogP contribution >= 0.6 is 11.3 Å². The van der Waals surface area contributed by atoms with Gasteiger partial charge in [-0.3, -0.25) is 14.2 Å². The molecule has 4 rings (SSSR count). The molecule has 0 spiro atoms. The quantitative estimate of drug-likeness (QED) is 0.322. The van der Waals surface area contributed by atoms with Gasteiger partial charge in [0.15, 0.2) is 16.3 Å². The van der Waals surface area contributed by atoms with Gasteiger partial charge in [-0.2, -0.15) is 0 Å². The Morgan fingerprint density at radius 3 is 2.47 bits per heavy atom. The van der Waals surface area contributed by atoms with Crippen LogP contribution in [0.1, 0.15) is 44.4 Å². The lowest BCUT2D eigenvalue weighted by Gasteiger charge is -2.25. The molecule has 0 aliphatic carbocycles. The number of thiazole rings is 1. The van der Waals surface area contributed by atoms with Crippen LogP contribution in [0.15, 0.2) is 63.5 Å². The van der Waals surface area contributed by atoms with Crippen molar-refractivity contribution in [1.82, 2.24) is 4.57 Å². The standard InChI is InChI=1S/C28H28N2O7S/c1-6-13-36-20-10-7-18(8-11-20)14-23-26(32)30-25(24(27(33)35-5)16(2)29-28(30)38-23)19-9-12-21(37-17(3)31)22(15-19)34-4/h7-12,14-15,25H,6,13H2,1-5H3/b23-14+/t25-/m1/s1. The number of ether oxygens (including phenoxy) is 4. The second-order valence-electron chi connectivity index (χ2n) is 8.49. The summed E-state index contributed by atoms with van der Waals surface area (Å²) in [5.74, 6) is 0.165. The number of allylic oxidation sites excluding steroid dienone is 1. The second kappa shape index (κ2) is 11.5. The normalized spacial score (nSPS) is 15.0. The SMILES string of the molecule is CCCOc1ccc(/C=c2/sc3n(c2=O)[C@H](c2ccc(OC(C)=O)c(OC)c2)C(C(=O)OC)=C(C)N=3)cc1. The van der Waals surface area contributed by atoms with Crippen LogP contribution in [0.25, 0.3) is 6.08 Å². The maximum absolute atomic E-state index is 13.7. The number of rotatable bonds is 8. The summed E-state index contributed by atoms with van der Waals surface area (Å²) >= 11 is 1.23. The van der Waals surface area contributed by atoms with E-state index in [1.807, 2.05) is 31.2 Å². The highest BCUT2D eigenvalue weighted by atomic mass is 32.1. The molecule has 1 aliphatic heterocycles. The van der Waals surface area contributed by atoms with Gasteiger partial charge in [-0.1, -0.05) is 36.5 Å². The highest BCUT2D eigenvalue weighted by molar-refractivity contribution is 7.07. The molecule has 0 N–H and O–H groups in total. The van der Waals surface area contributed by atoms with E-state index in [0.29, 0.717) is 27.2 Å². The van der Waals surface area contributed by atoms with Crippen LogP contribution in [-0.4, -0.2) is 37.3 Å². The number of nitrogens with zero attached hydrogens (tertiary/aromatic N) is 2. The number of esters is 2. The van der Waals surface area contributed by atoms with Gasteiger partial charge in [-0.15, -0.1) is 0 Å². The minimum Gasteiger partial charge on any atom is -0.494 e. The van der Waals surface area contributed by atoms with Crippen molar-refractivity contribution in [3.05, 3.63) is 84.5 Å². The molecule has 10 heteroatoms. The minimum atomic E-state index is -0.828. The average molecular weight is 537 g/mol. The Bertz CT molecular complexity index is 1580. The molecule has 1 aromatic heterocycles. The molecular weight excluding hydrogens is 508 g/mol. The molecule has 198 valence electrons. The predicted octanol–water partition coefficient (Wildman–Crippen LogP) is 3.13. The number of fused-ring (bicyclic) bond motifs is 1. The first kappa shape index (κ1) is 26.9. The molecule has 2 aromatic carbocycles. The van der Waals surface area contributed by atoms with E-state index in [0.717, 1.165) is 17.7 Å². The van der Waals surface area contributed by atoms with E-state index in [-0.39, 0.29) is 22.6 Å². The van der Waals surface area contributed by atoms with Gasteiger partial charge in [0.1, 0.15) is 5.75 Å². The first-order valence-corrected chi connectivity index (χ1v) is 12.8. The van der Waals surface area contributed by atoms with Crippen molar-refractivity contribution < 1.29 is 28.5 Å². The van der Waals surface area contributed by atoms with Crippen LogP contribution in [0, 0.1) is 0 Å². The van der Waals surface area contributed by atoms with E-state index in [2.05, 4.69) is 4.99 Å². The van der Waals surface area contributed by atoms with Crippen molar-refractivity contribution in [2.45, 2.75) is 33.2 Å². The van der Waals surface area contributed by atoms with Crippen LogP contribution in [0.5, 0.6) is 17.2 Å². The first-order chi connectivity index (χ1) is 18.3. The van der Waals surface area contributed by atoms with Gasteiger partial charge in [0, 0.05) is 6.92 Å². The van der Waals surface area contributed by atoms with Crippen LogP contribution < -0.4 is 29.1 Å². The van der Waals surface area contributed by atoms with E-state index in [9.17, 15) is 14.4 Å². The molecule has 0 amide bonds. The van der Waals surface area contributed by atoms with Crippen molar-refractivity contribution >= 4 is 29.4 Å². The third kappa shape index (κ3) is 5.40. The Hall–Kier alpha value is -4.18. The fraction of sp³-hybridized carbons (Fsp3) is 0.286. The lowest BCUT2D eigenvalue weighted by molar-refractivity contribution is -0.136. The average Bonchev–Trinajstić information content (AvgIpc) is 3.21. The lowest BCUT2D eigenvalue weighted by Crippen LogP contribution is -2.39. The van der Waals surface area contributed by atoms with Gasteiger partial charge in [0.05, 0.1) is 42.7 Å². The van der Waals surface area contributed by atoms with Crippen LogP contribution in [0.4, 0.5) is 0 Å². The Morgan fingerprint density at radius 1 is 1.11 bits per heavy atom. The van der Waals surface area contributed by atoms with Gasteiger partial charge in [0.25, 0.3) is 5.56 Å². The number of aromatic nitrogens is 1. The molecular formula is C28H28N2O7S. The molecule has 1 atom stereocenters. The summed E-state index contributed by atoms with van der Waals surface area (Å²) in [6, 6.07) is 11.5. The van der Waals surface area contributed by atoms with E-state index >= 15 is 0 Å². The van der Waals surface area contributed by atoms with E-state index in [1.165, 1.54) is 37.0 Å². The third-order valence-corrected chi connectivity index (χ3v) is 6.82. The van der Waals surface area contributed by atoms with Gasteiger partial charge < -0.3 is 18.9 Å². The van der Waals surface area contributed by atoms with E-state index in [4.69, 9.17) is 18.9 Å². The van der Waals surface area contributed by atoms with Gasteiger partial charge in [0.2, 0.25) is 0 Å². The summed E-state index contributed by atoms with van der Waals surface area (Å²) in [4.78, 5) is 43.1. The molecule has 0 radical (unpaired) electrons. The Morgan fingerprint density at radius 2 is 1.84 bits per heavy atom. The number of methoxy groups -OCH3 is 2. The summed E-state index contributed by atoms with van der Waals surface area (Å²) in [7, 11) is 2.72. The summed E-state index contributed by atoms with van der Waals surface area (Å²) < 4.78 is 23.3. The van der Waals surface area contributed by atoms with E-state index in [1.54, 1.807) is 31.2 Å². The summed E-state index contributed by atoms with van der Waals surface area (Å²) in [5, 5.41) is 0. The lowest BCUT2D eigenvalue weighted by atomic mass is 9.95. The van der Waals surface area contributed by atoms with Crippen LogP contribution in [-0.2, 0) is 14.3 Å². The molecule has 0 saturated carbocycles. The largest absolute Gasteiger partial charge is 0.494 e. The number of carbonyl (C=O) groups excluding carboxylic acids is 2. The highest BCUT2D eigenvalue weighted by Gasteiger charge is 2.33. The summed E-state index contributed by atoms with van der Waals surface area (Å²) in [6.45, 7) is 5.67. The Balaban J connectivity index is 1.86. The number of benzene rings is 2. The molecule has 1 aliphatic rings. The maximum atomic E-state index is 13.7. The highest BCUT2D eigenvalue weighted by Crippen LogP contribution is 2.36. The Kier molecular flexibility index (Phi) is 8.11. The second-order valence-corrected chi connectivity index (χ2v) is 9.50. The van der Waals surface area contributed by atoms with Gasteiger partial charge in [-0.25, -0.2) is 9.79 Å². The van der Waals surface area contributed by atoms with Crippen molar-refractivity contribution in [1.29, 1.82) is 0 Å². The number of hydrogen-bond donors (Lipinski definition) is 0. The van der Waals surface area contributed by atoms with Crippen molar-refractivity contribution in [2.75, 3.05) is 20.8 Å². The molecule has 0 fully saturated rings. The van der Waals surface area contributed by atoms with Crippen molar-refractivity contribution in [2.24, 2.45) is 4.99 Å². The topological polar surface area (TPSA) is 105 Å². The predicted molar refractivity (Wildman–Crippen MR) is 142 cm³/mol. The molecule has 38 heavy (non-hydrogen) atoms. The Labute approximate surface area is 223 Å². The minimum absolute atomic E-state index is 0.225. The molecule has 3 aromatic rings. The molecule has 9 nitrogen and oxygen atoms in total. The number of hydrogen-bond acceptors (Lipinski definition) is 9. The zero-order valence-corrected chi connectivity index (χ0v) is 22.6. The summed E-state index contributed by atoms with van der Waals surface area (Å²) in [6.07, 6.45) is 2.70. The molecule has 0 bridgehead atoms. The number of carbonyl (C=O) groups is 2. The third-order valence-electron chi connectivity index (χ3n) is 5.83. The zero-order chi connectivity index (χ0) is 27.4. The van der Waals surface area contributed by atoms with Crippen LogP contribution in [0.3, 0.4) is 0 Å². The fourth-order valence-electron chi connectivity index (χ4n) is 4.13. The summed E-state index contributed by atoms with van der Waals surface area (Å²) in [5.41, 5.74) is 1.76. The molecule has 0 unspecified atom stereocenters. The fourth-order valence-corrected chi connectivity index (χ4v) is 5.18. The van der Waals surface area contributed by atoms with Crippen molar-refractivity contribution in [3.8, 4) is 17.2 Å².